The summed E-state index contributed by atoms with van der Waals surface area (Å²) in [6.45, 7) is 0. The molecule has 0 spiro atoms. The average Bonchev–Trinajstić information content (AvgIpc) is 2.75. The lowest BCUT2D eigenvalue weighted by molar-refractivity contribution is 0.376. The molecule has 0 atom stereocenters. The van der Waals surface area contributed by atoms with Gasteiger partial charge >= 0.3 is 7.57 Å². The van der Waals surface area contributed by atoms with Crippen LogP contribution in [0.4, 0.5) is 0 Å². The number of para-hydroxylation sites is 2. The van der Waals surface area contributed by atoms with Gasteiger partial charge in [-0.3, -0.25) is 0 Å². The van der Waals surface area contributed by atoms with E-state index in [2.05, 4.69) is 6.30 Å². The first-order valence-corrected chi connectivity index (χ1v) is 11.0. The smallest absolute Gasteiger partial charge is 0.353 e. The standard InChI is InChI=1S/C25H21O3P/c1-29(26,27-24-18-10-8-16-22(24)20-12-4-2-5-13-20)28-25-19-11-9-17-23(25)21-14-6-3-7-15-21/h2-19,26H,1H2. The van der Waals surface area contributed by atoms with Crippen LogP contribution in [0.5, 0.6) is 11.5 Å². The van der Waals surface area contributed by atoms with E-state index in [9.17, 15) is 4.89 Å². The zero-order chi connectivity index (χ0) is 20.1. The Bertz CT molecular complexity index is 1050. The van der Waals surface area contributed by atoms with Crippen molar-refractivity contribution in [3.63, 3.8) is 0 Å². The van der Waals surface area contributed by atoms with Crippen molar-refractivity contribution < 1.29 is 13.9 Å². The van der Waals surface area contributed by atoms with Gasteiger partial charge in [-0.2, -0.15) is 0 Å². The molecule has 1 N–H and O–H groups in total. The molecule has 0 radical (unpaired) electrons. The van der Waals surface area contributed by atoms with Gasteiger partial charge < -0.3 is 13.9 Å². The molecule has 4 heteroatoms. The van der Waals surface area contributed by atoms with Crippen LogP contribution in [0.2, 0.25) is 0 Å². The fraction of sp³-hybridized carbons (Fsp3) is 0. The lowest BCUT2D eigenvalue weighted by Crippen LogP contribution is -2.02. The van der Waals surface area contributed by atoms with Gasteiger partial charge in [0.25, 0.3) is 0 Å². The highest BCUT2D eigenvalue weighted by molar-refractivity contribution is 7.59. The summed E-state index contributed by atoms with van der Waals surface area (Å²) >= 11 is 0. The molecular formula is C25H21O3P. The van der Waals surface area contributed by atoms with Crippen LogP contribution in [-0.4, -0.2) is 11.2 Å². The van der Waals surface area contributed by atoms with E-state index in [4.69, 9.17) is 9.05 Å². The van der Waals surface area contributed by atoms with Gasteiger partial charge in [0.05, 0.1) is 0 Å². The van der Waals surface area contributed by atoms with Crippen molar-refractivity contribution in [3.8, 4) is 33.8 Å². The maximum atomic E-state index is 10.9. The Morgan fingerprint density at radius 3 is 1.28 bits per heavy atom. The molecule has 0 bridgehead atoms. The molecule has 144 valence electrons. The van der Waals surface area contributed by atoms with Crippen LogP contribution in [-0.2, 0) is 0 Å². The van der Waals surface area contributed by atoms with Crippen molar-refractivity contribution in [2.24, 2.45) is 0 Å². The fourth-order valence-corrected chi connectivity index (χ4v) is 4.10. The number of hydrogen-bond donors (Lipinski definition) is 1. The van der Waals surface area contributed by atoms with Gasteiger partial charge in [-0.05, 0) is 23.3 Å². The van der Waals surface area contributed by atoms with Crippen LogP contribution >= 0.6 is 7.57 Å². The highest BCUT2D eigenvalue weighted by Gasteiger charge is 2.20. The van der Waals surface area contributed by atoms with E-state index in [0.717, 1.165) is 22.3 Å². The van der Waals surface area contributed by atoms with Gasteiger partial charge in [-0.15, -0.1) is 0 Å². The molecule has 0 aliphatic heterocycles. The predicted molar refractivity (Wildman–Crippen MR) is 121 cm³/mol. The van der Waals surface area contributed by atoms with Gasteiger partial charge in [0.1, 0.15) is 11.5 Å². The second-order valence-electron chi connectivity index (χ2n) is 6.54. The second-order valence-corrected chi connectivity index (χ2v) is 8.18. The highest BCUT2D eigenvalue weighted by atomic mass is 31.2. The zero-order valence-corrected chi connectivity index (χ0v) is 16.7. The van der Waals surface area contributed by atoms with E-state index in [1.54, 1.807) is 0 Å². The maximum absolute atomic E-state index is 10.9. The van der Waals surface area contributed by atoms with E-state index < -0.39 is 7.57 Å². The quantitative estimate of drug-likeness (QED) is 0.368. The third-order valence-corrected chi connectivity index (χ3v) is 5.39. The van der Waals surface area contributed by atoms with Gasteiger partial charge in [-0.25, -0.2) is 0 Å². The Morgan fingerprint density at radius 2 is 0.862 bits per heavy atom. The molecule has 0 saturated heterocycles. The van der Waals surface area contributed by atoms with Crippen LogP contribution in [0.25, 0.3) is 22.3 Å². The molecule has 0 fully saturated rings. The lowest BCUT2D eigenvalue weighted by atomic mass is 10.1. The number of rotatable bonds is 6. The molecular weight excluding hydrogens is 379 g/mol. The SMILES string of the molecule is C=P(O)(Oc1ccccc1-c1ccccc1)Oc1ccccc1-c1ccccc1. The third-order valence-electron chi connectivity index (χ3n) is 4.43. The second kappa shape index (κ2) is 8.40. The van der Waals surface area contributed by atoms with Crippen molar-refractivity contribution in [2.45, 2.75) is 0 Å². The Kier molecular flexibility index (Phi) is 5.53. The number of benzene rings is 4. The van der Waals surface area contributed by atoms with Crippen LogP contribution in [0.15, 0.2) is 109 Å². The Hall–Kier alpha value is -3.26. The van der Waals surface area contributed by atoms with Crippen molar-refractivity contribution >= 4 is 13.9 Å². The number of hydrogen-bond acceptors (Lipinski definition) is 3. The minimum absolute atomic E-state index is 0.529. The predicted octanol–water partition coefficient (Wildman–Crippen LogP) is 6.67. The monoisotopic (exact) mass is 400 g/mol. The normalized spacial score (nSPS) is 11.1. The molecule has 0 unspecified atom stereocenters. The van der Waals surface area contributed by atoms with Crippen molar-refractivity contribution in [3.05, 3.63) is 109 Å². The van der Waals surface area contributed by atoms with Crippen LogP contribution in [0.3, 0.4) is 0 Å². The Labute approximate surface area is 171 Å². The van der Waals surface area contributed by atoms with E-state index >= 15 is 0 Å². The summed E-state index contributed by atoms with van der Waals surface area (Å²) < 4.78 is 11.8. The molecule has 0 aromatic heterocycles. The first-order valence-electron chi connectivity index (χ1n) is 9.27. The summed E-state index contributed by atoms with van der Waals surface area (Å²) in [6, 6.07) is 34.8. The Morgan fingerprint density at radius 1 is 0.517 bits per heavy atom. The summed E-state index contributed by atoms with van der Waals surface area (Å²) in [6.07, 6.45) is 3.85. The first kappa shape index (κ1) is 19.1. The molecule has 29 heavy (non-hydrogen) atoms. The largest absolute Gasteiger partial charge is 0.423 e. The molecule has 0 saturated carbocycles. The molecule has 4 aromatic rings. The molecule has 0 heterocycles. The van der Waals surface area contributed by atoms with E-state index in [0.29, 0.717) is 11.5 Å². The molecule has 3 nitrogen and oxygen atoms in total. The zero-order valence-electron chi connectivity index (χ0n) is 15.8. The lowest BCUT2D eigenvalue weighted by Gasteiger charge is -2.23. The van der Waals surface area contributed by atoms with Crippen molar-refractivity contribution in [2.75, 3.05) is 0 Å². The summed E-state index contributed by atoms with van der Waals surface area (Å²) in [7, 11) is -3.43. The summed E-state index contributed by atoms with van der Waals surface area (Å²) in [4.78, 5) is 10.9. The average molecular weight is 400 g/mol. The highest BCUT2D eigenvalue weighted by Crippen LogP contribution is 2.48. The van der Waals surface area contributed by atoms with E-state index in [-0.39, 0.29) is 0 Å². The van der Waals surface area contributed by atoms with Crippen molar-refractivity contribution in [1.29, 1.82) is 0 Å². The maximum Gasteiger partial charge on any atom is 0.353 e. The van der Waals surface area contributed by atoms with Crippen LogP contribution in [0.1, 0.15) is 0 Å². The van der Waals surface area contributed by atoms with Gasteiger partial charge in [0.2, 0.25) is 0 Å². The summed E-state index contributed by atoms with van der Waals surface area (Å²) in [5.74, 6) is 1.06. The van der Waals surface area contributed by atoms with Crippen LogP contribution < -0.4 is 9.05 Å². The summed E-state index contributed by atoms with van der Waals surface area (Å²) in [5.41, 5.74) is 3.73. The van der Waals surface area contributed by atoms with Crippen LogP contribution in [0, 0.1) is 0 Å². The van der Waals surface area contributed by atoms with Crippen molar-refractivity contribution in [1.82, 2.24) is 0 Å². The van der Waals surface area contributed by atoms with Gasteiger partial charge in [0, 0.05) is 17.4 Å². The molecule has 0 aliphatic carbocycles. The van der Waals surface area contributed by atoms with E-state index in [1.165, 1.54) is 0 Å². The fourth-order valence-electron chi connectivity index (χ4n) is 3.13. The molecule has 0 amide bonds. The first-order chi connectivity index (χ1) is 14.1. The Balaban J connectivity index is 1.63. The molecule has 4 aromatic carbocycles. The third kappa shape index (κ3) is 4.60. The minimum Gasteiger partial charge on any atom is -0.423 e. The summed E-state index contributed by atoms with van der Waals surface area (Å²) in [5, 5.41) is 0. The topological polar surface area (TPSA) is 38.7 Å². The van der Waals surface area contributed by atoms with Gasteiger partial charge in [0.15, 0.2) is 0 Å². The minimum atomic E-state index is -3.43. The van der Waals surface area contributed by atoms with E-state index in [1.807, 2.05) is 109 Å². The van der Waals surface area contributed by atoms with Gasteiger partial charge in [-0.1, -0.05) is 97.1 Å². The molecule has 0 aliphatic rings. The molecule has 4 rings (SSSR count).